The summed E-state index contributed by atoms with van der Waals surface area (Å²) in [7, 11) is 3.39. The molecule has 2 N–H and O–H groups in total. The van der Waals surface area contributed by atoms with Crippen LogP contribution in [-0.2, 0) is 0 Å². The third-order valence-electron chi connectivity index (χ3n) is 3.57. The lowest BCUT2D eigenvalue weighted by Gasteiger charge is -2.13. The Morgan fingerprint density at radius 1 is 1.08 bits per heavy atom. The second-order valence-corrected chi connectivity index (χ2v) is 7.36. The summed E-state index contributed by atoms with van der Waals surface area (Å²) in [5, 5.41) is 3.72. The quantitative estimate of drug-likeness (QED) is 0.592. The van der Waals surface area contributed by atoms with Gasteiger partial charge in [0.05, 0.1) is 10.2 Å². The van der Waals surface area contributed by atoms with Crippen molar-refractivity contribution in [3.05, 3.63) is 58.7 Å². The van der Waals surface area contributed by atoms with Crippen molar-refractivity contribution in [1.29, 1.82) is 0 Å². The average Bonchev–Trinajstić information content (AvgIpc) is 2.94. The van der Waals surface area contributed by atoms with E-state index in [-0.39, 0.29) is 11.1 Å². The molecule has 3 rings (SSSR count). The Kier molecular flexibility index (Phi) is 5.15. The molecule has 3 aromatic rings. The van der Waals surface area contributed by atoms with Gasteiger partial charge in [-0.2, -0.15) is 0 Å². The number of nitrogens with one attached hydrogen (secondary N) is 2. The molecule has 0 aliphatic heterocycles. The minimum Gasteiger partial charge on any atom is -0.350 e. The number of thioether (sulfide) groups is 1. The zero-order valence-electron chi connectivity index (χ0n) is 13.7. The van der Waals surface area contributed by atoms with Gasteiger partial charge in [0.2, 0.25) is 0 Å². The summed E-state index contributed by atoms with van der Waals surface area (Å²) in [6.07, 6.45) is 0. The number of aromatic nitrogens is 1. The van der Waals surface area contributed by atoms with Crippen LogP contribution in [0.15, 0.2) is 57.9 Å². The summed E-state index contributed by atoms with van der Waals surface area (Å²) in [6.45, 7) is 0. The van der Waals surface area contributed by atoms with Crippen molar-refractivity contribution in [2.75, 3.05) is 19.4 Å². The van der Waals surface area contributed by atoms with Crippen LogP contribution in [-0.4, -0.2) is 35.1 Å². The van der Waals surface area contributed by atoms with Crippen molar-refractivity contribution < 1.29 is 9.59 Å². The number of carbonyl (C=O) groups excluding carboxylic acids is 2. The molecule has 0 radical (unpaired) electrons. The summed E-state index contributed by atoms with van der Waals surface area (Å²) in [5.74, 6) is -0.270. The van der Waals surface area contributed by atoms with E-state index in [4.69, 9.17) is 0 Å². The smallest absolute Gasteiger partial charge is 0.286 e. The standard InChI is InChI=1S/C18H16BrN3O2S/c1-22(2)18(24)25-14-10-6-5-9-13(14)21-17(23)16-15(19)11-7-3-4-8-12(11)20-16/h3-10,20H,1-2H3,(H,21,23). The number of aromatic amines is 1. The largest absolute Gasteiger partial charge is 0.350 e. The van der Waals surface area contributed by atoms with Crippen molar-refractivity contribution >= 4 is 55.4 Å². The molecule has 25 heavy (non-hydrogen) atoms. The number of hydrogen-bond acceptors (Lipinski definition) is 3. The lowest BCUT2D eigenvalue weighted by atomic mass is 10.2. The fourth-order valence-corrected chi connectivity index (χ4v) is 3.66. The molecule has 0 saturated carbocycles. The number of carbonyl (C=O) groups is 2. The number of H-pyrrole nitrogens is 1. The Balaban J connectivity index is 1.88. The van der Waals surface area contributed by atoms with E-state index in [1.54, 1.807) is 20.2 Å². The normalized spacial score (nSPS) is 10.7. The fourth-order valence-electron chi connectivity index (χ4n) is 2.29. The lowest BCUT2D eigenvalue weighted by molar-refractivity contribution is 0.102. The van der Waals surface area contributed by atoms with E-state index in [2.05, 4.69) is 26.2 Å². The molecule has 0 aliphatic carbocycles. The van der Waals surface area contributed by atoms with Crippen molar-refractivity contribution in [3.8, 4) is 0 Å². The molecule has 0 atom stereocenters. The highest BCUT2D eigenvalue weighted by Gasteiger charge is 2.18. The van der Waals surface area contributed by atoms with Gasteiger partial charge in [-0.05, 0) is 45.9 Å². The second-order valence-electron chi connectivity index (χ2n) is 5.57. The van der Waals surface area contributed by atoms with E-state index < -0.39 is 0 Å². The molecule has 0 bridgehead atoms. The first-order valence-electron chi connectivity index (χ1n) is 7.53. The summed E-state index contributed by atoms with van der Waals surface area (Å²) < 4.78 is 0.718. The number of nitrogens with zero attached hydrogens (tertiary/aromatic N) is 1. The van der Waals surface area contributed by atoms with Gasteiger partial charge in [0, 0.05) is 29.9 Å². The van der Waals surface area contributed by atoms with Crippen LogP contribution in [0.4, 0.5) is 10.5 Å². The van der Waals surface area contributed by atoms with Crippen LogP contribution in [0, 0.1) is 0 Å². The molecule has 0 unspecified atom stereocenters. The lowest BCUT2D eigenvalue weighted by Crippen LogP contribution is -2.17. The molecule has 1 aromatic heterocycles. The molecule has 2 aromatic carbocycles. The summed E-state index contributed by atoms with van der Waals surface area (Å²) in [4.78, 5) is 30.0. The molecular formula is C18H16BrN3O2S. The van der Waals surface area contributed by atoms with Gasteiger partial charge < -0.3 is 15.2 Å². The first kappa shape index (κ1) is 17.6. The highest BCUT2D eigenvalue weighted by atomic mass is 79.9. The van der Waals surface area contributed by atoms with Crippen LogP contribution in [0.1, 0.15) is 10.5 Å². The van der Waals surface area contributed by atoms with Crippen LogP contribution >= 0.6 is 27.7 Å². The van der Waals surface area contributed by atoms with E-state index in [9.17, 15) is 9.59 Å². The maximum atomic E-state index is 12.7. The highest BCUT2D eigenvalue weighted by Crippen LogP contribution is 2.31. The van der Waals surface area contributed by atoms with Gasteiger partial charge in [-0.25, -0.2) is 0 Å². The summed E-state index contributed by atoms with van der Waals surface area (Å²) >= 11 is 4.56. The molecule has 128 valence electrons. The number of hydrogen-bond donors (Lipinski definition) is 2. The molecule has 0 aliphatic rings. The second kappa shape index (κ2) is 7.33. The number of rotatable bonds is 3. The van der Waals surface area contributed by atoms with Crippen molar-refractivity contribution in [3.63, 3.8) is 0 Å². The molecule has 2 amide bonds. The molecule has 1 heterocycles. The van der Waals surface area contributed by atoms with Gasteiger partial charge >= 0.3 is 0 Å². The first-order valence-corrected chi connectivity index (χ1v) is 9.14. The molecule has 5 nitrogen and oxygen atoms in total. The monoisotopic (exact) mass is 417 g/mol. The van der Waals surface area contributed by atoms with Crippen LogP contribution in [0.25, 0.3) is 10.9 Å². The molecule has 7 heteroatoms. The first-order chi connectivity index (χ1) is 12.0. The van der Waals surface area contributed by atoms with E-state index in [0.717, 1.165) is 27.1 Å². The van der Waals surface area contributed by atoms with Gasteiger partial charge in [0.25, 0.3) is 11.1 Å². The third kappa shape index (κ3) is 3.72. The van der Waals surface area contributed by atoms with E-state index in [1.165, 1.54) is 4.90 Å². The van der Waals surface area contributed by atoms with Gasteiger partial charge in [-0.1, -0.05) is 30.3 Å². The highest BCUT2D eigenvalue weighted by molar-refractivity contribution is 9.10. The van der Waals surface area contributed by atoms with Crippen LogP contribution in [0.5, 0.6) is 0 Å². The number of amides is 2. The zero-order chi connectivity index (χ0) is 18.0. The Morgan fingerprint density at radius 3 is 2.48 bits per heavy atom. The van der Waals surface area contributed by atoms with Crippen molar-refractivity contribution in [2.45, 2.75) is 4.90 Å². The predicted molar refractivity (Wildman–Crippen MR) is 105 cm³/mol. The topological polar surface area (TPSA) is 65.2 Å². The van der Waals surface area contributed by atoms with Crippen LogP contribution in [0.3, 0.4) is 0 Å². The van der Waals surface area contributed by atoms with Crippen LogP contribution in [0.2, 0.25) is 0 Å². The maximum Gasteiger partial charge on any atom is 0.286 e. The van der Waals surface area contributed by atoms with Gasteiger partial charge in [-0.15, -0.1) is 0 Å². The molecule has 0 saturated heterocycles. The zero-order valence-corrected chi connectivity index (χ0v) is 16.1. The Morgan fingerprint density at radius 2 is 1.76 bits per heavy atom. The third-order valence-corrected chi connectivity index (χ3v) is 5.51. The number of para-hydroxylation sites is 2. The van der Waals surface area contributed by atoms with Crippen molar-refractivity contribution in [2.24, 2.45) is 0 Å². The fraction of sp³-hybridized carbons (Fsp3) is 0.111. The predicted octanol–water partition coefficient (Wildman–Crippen LogP) is 4.96. The van der Waals surface area contributed by atoms with Gasteiger partial charge in [-0.3, -0.25) is 9.59 Å². The molecule has 0 spiro atoms. The number of benzene rings is 2. The molecule has 0 fully saturated rings. The number of halogens is 1. The summed E-state index contributed by atoms with van der Waals surface area (Å²) in [5.41, 5.74) is 1.92. The maximum absolute atomic E-state index is 12.7. The van der Waals surface area contributed by atoms with Crippen molar-refractivity contribution in [1.82, 2.24) is 9.88 Å². The summed E-state index contributed by atoms with van der Waals surface area (Å²) in [6, 6.07) is 14.9. The Hall–Kier alpha value is -2.25. The Labute approximate surface area is 157 Å². The number of anilines is 1. The molecular weight excluding hydrogens is 402 g/mol. The van der Waals surface area contributed by atoms with Crippen LogP contribution < -0.4 is 5.32 Å². The van der Waals surface area contributed by atoms with E-state index in [0.29, 0.717) is 16.3 Å². The number of fused-ring (bicyclic) bond motifs is 1. The average molecular weight is 418 g/mol. The minimum atomic E-state index is -0.270. The Bertz CT molecular complexity index is 952. The van der Waals surface area contributed by atoms with Gasteiger partial charge in [0.1, 0.15) is 5.69 Å². The van der Waals surface area contributed by atoms with E-state index >= 15 is 0 Å². The SMILES string of the molecule is CN(C)C(=O)Sc1ccccc1NC(=O)c1[nH]c2ccccc2c1Br. The van der Waals surface area contributed by atoms with E-state index in [1.807, 2.05) is 42.5 Å². The van der Waals surface area contributed by atoms with Gasteiger partial charge in [0.15, 0.2) is 0 Å². The minimum absolute atomic E-state index is 0.103.